The first-order chi connectivity index (χ1) is 7.86. The van der Waals surface area contributed by atoms with Crippen molar-refractivity contribution in [1.29, 1.82) is 0 Å². The van der Waals surface area contributed by atoms with E-state index in [1.54, 1.807) is 0 Å². The molecule has 1 saturated carbocycles. The Morgan fingerprint density at radius 2 is 1.88 bits per heavy atom. The fourth-order valence-electron chi connectivity index (χ4n) is 2.50. The third-order valence-electron chi connectivity index (χ3n) is 3.60. The summed E-state index contributed by atoms with van der Waals surface area (Å²) < 4.78 is 6.00. The molecule has 0 aromatic heterocycles. The molecule has 1 aromatic carbocycles. The maximum Gasteiger partial charge on any atom is 0.0600 e. The van der Waals surface area contributed by atoms with E-state index < -0.39 is 0 Å². The molecule has 1 fully saturated rings. The monoisotopic (exact) mass is 218 g/mol. The molecule has 0 spiro atoms. The standard InChI is InChI=1S/C15H22O/c1-13-7-5-6-10-15(13)16-12-11-14-8-3-2-4-9-14/h2-4,8-9,13,15H,5-7,10-12H2,1H3/t13-,15+/m1/s1. The maximum absolute atomic E-state index is 6.00. The Balaban J connectivity index is 1.71. The summed E-state index contributed by atoms with van der Waals surface area (Å²) in [5.41, 5.74) is 1.38. The lowest BCUT2D eigenvalue weighted by Gasteiger charge is -2.28. The van der Waals surface area contributed by atoms with Crippen molar-refractivity contribution in [2.24, 2.45) is 5.92 Å². The summed E-state index contributed by atoms with van der Waals surface area (Å²) in [5, 5.41) is 0. The van der Waals surface area contributed by atoms with Gasteiger partial charge in [0.2, 0.25) is 0 Å². The van der Waals surface area contributed by atoms with Crippen molar-refractivity contribution in [3.05, 3.63) is 35.9 Å². The van der Waals surface area contributed by atoms with Gasteiger partial charge in [-0.05, 0) is 30.7 Å². The Morgan fingerprint density at radius 3 is 2.62 bits per heavy atom. The van der Waals surface area contributed by atoms with Crippen LogP contribution < -0.4 is 0 Å². The van der Waals surface area contributed by atoms with Crippen molar-refractivity contribution in [1.82, 2.24) is 0 Å². The highest BCUT2D eigenvalue weighted by molar-refractivity contribution is 5.14. The number of benzene rings is 1. The molecule has 16 heavy (non-hydrogen) atoms. The van der Waals surface area contributed by atoms with Crippen LogP contribution in [0, 0.1) is 5.92 Å². The lowest BCUT2D eigenvalue weighted by Crippen LogP contribution is -2.26. The van der Waals surface area contributed by atoms with Gasteiger partial charge in [0.15, 0.2) is 0 Å². The zero-order chi connectivity index (χ0) is 11.2. The minimum Gasteiger partial charge on any atom is -0.378 e. The summed E-state index contributed by atoms with van der Waals surface area (Å²) >= 11 is 0. The third kappa shape index (κ3) is 3.34. The van der Waals surface area contributed by atoms with Gasteiger partial charge in [-0.2, -0.15) is 0 Å². The predicted octanol–water partition coefficient (Wildman–Crippen LogP) is 3.82. The fourth-order valence-corrected chi connectivity index (χ4v) is 2.50. The Labute approximate surface area is 98.8 Å². The molecule has 0 N–H and O–H groups in total. The SMILES string of the molecule is C[C@@H]1CCCC[C@@H]1OCCc1ccccc1. The van der Waals surface area contributed by atoms with Gasteiger partial charge < -0.3 is 4.74 Å². The molecule has 0 radical (unpaired) electrons. The second-order valence-electron chi connectivity index (χ2n) is 4.91. The summed E-state index contributed by atoms with van der Waals surface area (Å²) in [5.74, 6) is 0.754. The van der Waals surface area contributed by atoms with Gasteiger partial charge in [-0.3, -0.25) is 0 Å². The molecule has 0 bridgehead atoms. The highest BCUT2D eigenvalue weighted by Crippen LogP contribution is 2.26. The smallest absolute Gasteiger partial charge is 0.0600 e. The molecular weight excluding hydrogens is 196 g/mol. The average Bonchev–Trinajstić information content (AvgIpc) is 2.33. The van der Waals surface area contributed by atoms with Crippen LogP contribution >= 0.6 is 0 Å². The van der Waals surface area contributed by atoms with E-state index in [0.29, 0.717) is 6.10 Å². The van der Waals surface area contributed by atoms with Crippen molar-refractivity contribution in [2.45, 2.75) is 45.1 Å². The minimum atomic E-state index is 0.512. The first-order valence-corrected chi connectivity index (χ1v) is 6.52. The molecule has 1 heteroatoms. The van der Waals surface area contributed by atoms with E-state index >= 15 is 0 Å². The average molecular weight is 218 g/mol. The van der Waals surface area contributed by atoms with Crippen molar-refractivity contribution >= 4 is 0 Å². The van der Waals surface area contributed by atoms with Crippen molar-refractivity contribution < 1.29 is 4.74 Å². The van der Waals surface area contributed by atoms with Gasteiger partial charge in [0, 0.05) is 0 Å². The molecule has 1 aliphatic carbocycles. The van der Waals surface area contributed by atoms with Crippen LogP contribution in [0.1, 0.15) is 38.2 Å². The van der Waals surface area contributed by atoms with Crippen LogP contribution in [0.2, 0.25) is 0 Å². The second-order valence-corrected chi connectivity index (χ2v) is 4.91. The van der Waals surface area contributed by atoms with Crippen molar-refractivity contribution in [2.75, 3.05) is 6.61 Å². The first kappa shape index (κ1) is 11.7. The highest BCUT2D eigenvalue weighted by atomic mass is 16.5. The van der Waals surface area contributed by atoms with Gasteiger partial charge in [-0.1, -0.05) is 50.1 Å². The number of ether oxygens (including phenoxy) is 1. The molecule has 0 unspecified atom stereocenters. The molecular formula is C15H22O. The van der Waals surface area contributed by atoms with Crippen LogP contribution in [0.25, 0.3) is 0 Å². The molecule has 2 rings (SSSR count). The highest BCUT2D eigenvalue weighted by Gasteiger charge is 2.21. The van der Waals surface area contributed by atoms with E-state index in [0.717, 1.165) is 18.9 Å². The van der Waals surface area contributed by atoms with Gasteiger partial charge in [-0.15, -0.1) is 0 Å². The lowest BCUT2D eigenvalue weighted by atomic mass is 9.88. The predicted molar refractivity (Wildman–Crippen MR) is 67.5 cm³/mol. The quantitative estimate of drug-likeness (QED) is 0.746. The van der Waals surface area contributed by atoms with E-state index in [1.165, 1.54) is 31.2 Å². The van der Waals surface area contributed by atoms with E-state index in [2.05, 4.69) is 37.3 Å². The van der Waals surface area contributed by atoms with Gasteiger partial charge in [-0.25, -0.2) is 0 Å². The van der Waals surface area contributed by atoms with Crippen molar-refractivity contribution in [3.8, 4) is 0 Å². The maximum atomic E-state index is 6.00. The summed E-state index contributed by atoms with van der Waals surface area (Å²) in [7, 11) is 0. The van der Waals surface area contributed by atoms with Crippen LogP contribution in [-0.4, -0.2) is 12.7 Å². The third-order valence-corrected chi connectivity index (χ3v) is 3.60. The van der Waals surface area contributed by atoms with Gasteiger partial charge in [0.05, 0.1) is 12.7 Å². The lowest BCUT2D eigenvalue weighted by molar-refractivity contribution is -0.00333. The summed E-state index contributed by atoms with van der Waals surface area (Å²) in [6.07, 6.45) is 6.90. The topological polar surface area (TPSA) is 9.23 Å². The van der Waals surface area contributed by atoms with E-state index in [-0.39, 0.29) is 0 Å². The van der Waals surface area contributed by atoms with Gasteiger partial charge in [0.25, 0.3) is 0 Å². The van der Waals surface area contributed by atoms with E-state index in [4.69, 9.17) is 4.74 Å². The molecule has 2 atom stereocenters. The number of hydrogen-bond acceptors (Lipinski definition) is 1. The first-order valence-electron chi connectivity index (χ1n) is 6.52. The Bertz CT molecular complexity index is 294. The summed E-state index contributed by atoms with van der Waals surface area (Å²) in [4.78, 5) is 0. The molecule has 0 saturated heterocycles. The fraction of sp³-hybridized carbons (Fsp3) is 0.600. The molecule has 1 nitrogen and oxygen atoms in total. The zero-order valence-corrected chi connectivity index (χ0v) is 10.2. The summed E-state index contributed by atoms with van der Waals surface area (Å²) in [6, 6.07) is 10.6. The Hall–Kier alpha value is -0.820. The Kier molecular flexibility index (Phi) is 4.41. The van der Waals surface area contributed by atoms with Crippen LogP contribution in [0.5, 0.6) is 0 Å². The van der Waals surface area contributed by atoms with Crippen LogP contribution in [0.15, 0.2) is 30.3 Å². The molecule has 1 aliphatic rings. The zero-order valence-electron chi connectivity index (χ0n) is 10.2. The second kappa shape index (κ2) is 6.05. The van der Waals surface area contributed by atoms with Crippen LogP contribution in [-0.2, 0) is 11.2 Å². The molecule has 0 amide bonds. The summed E-state index contributed by atoms with van der Waals surface area (Å²) in [6.45, 7) is 3.20. The molecule has 1 aromatic rings. The van der Waals surface area contributed by atoms with E-state index in [1.807, 2.05) is 0 Å². The van der Waals surface area contributed by atoms with Gasteiger partial charge in [0.1, 0.15) is 0 Å². The van der Waals surface area contributed by atoms with Crippen LogP contribution in [0.3, 0.4) is 0 Å². The Morgan fingerprint density at radius 1 is 1.12 bits per heavy atom. The van der Waals surface area contributed by atoms with Crippen LogP contribution in [0.4, 0.5) is 0 Å². The van der Waals surface area contributed by atoms with E-state index in [9.17, 15) is 0 Å². The minimum absolute atomic E-state index is 0.512. The normalized spacial score (nSPS) is 25.6. The van der Waals surface area contributed by atoms with Gasteiger partial charge >= 0.3 is 0 Å². The number of rotatable bonds is 4. The number of hydrogen-bond donors (Lipinski definition) is 0. The van der Waals surface area contributed by atoms with Crippen molar-refractivity contribution in [3.63, 3.8) is 0 Å². The molecule has 0 aliphatic heterocycles. The largest absolute Gasteiger partial charge is 0.378 e. The molecule has 0 heterocycles. The molecule has 88 valence electrons.